The van der Waals surface area contributed by atoms with E-state index < -0.39 is 26.6 Å². The van der Waals surface area contributed by atoms with Crippen LogP contribution in [0.4, 0.5) is 19.3 Å². The molecule has 2 heterocycles. The smallest absolute Gasteiger partial charge is 0.321 e. The summed E-state index contributed by atoms with van der Waals surface area (Å²) in [6, 6.07) is 5.55. The molecule has 0 radical (unpaired) electrons. The molecule has 28 heavy (non-hydrogen) atoms. The molecular weight excluding hydrogens is 390 g/mol. The minimum atomic E-state index is -4.39. The second-order valence-electron chi connectivity index (χ2n) is 6.77. The fourth-order valence-corrected chi connectivity index (χ4v) is 4.91. The van der Waals surface area contributed by atoms with Gasteiger partial charge in [0, 0.05) is 19.0 Å². The van der Waals surface area contributed by atoms with Gasteiger partial charge in [0.15, 0.2) is 0 Å². The van der Waals surface area contributed by atoms with Crippen molar-refractivity contribution < 1.29 is 22.0 Å². The molecule has 1 aromatic carbocycles. The van der Waals surface area contributed by atoms with Crippen LogP contribution in [0.25, 0.3) is 0 Å². The molecule has 0 spiro atoms. The molecule has 0 saturated carbocycles. The van der Waals surface area contributed by atoms with Crippen LogP contribution in [0, 0.1) is 11.7 Å². The summed E-state index contributed by atoms with van der Waals surface area (Å²) in [5.41, 5.74) is 0.478. The van der Waals surface area contributed by atoms with Gasteiger partial charge in [0.05, 0.1) is 23.0 Å². The molecule has 3 rings (SSSR count). The Kier molecular flexibility index (Phi) is 5.59. The molecular formula is C18H20F2N4O3S. The summed E-state index contributed by atoms with van der Waals surface area (Å²) in [5.74, 6) is -1.55. The number of likely N-dealkylation sites (tertiary alicyclic amines) is 1. The number of hydrogen-bond acceptors (Lipinski definition) is 5. The van der Waals surface area contributed by atoms with Crippen molar-refractivity contribution in [2.24, 2.45) is 5.92 Å². The largest absolute Gasteiger partial charge is 0.325 e. The molecule has 0 unspecified atom stereocenters. The zero-order valence-corrected chi connectivity index (χ0v) is 16.0. The molecule has 1 saturated heterocycles. The lowest BCUT2D eigenvalue weighted by atomic mass is 9.92. The van der Waals surface area contributed by atoms with Gasteiger partial charge in [-0.15, -0.1) is 0 Å². The van der Waals surface area contributed by atoms with Gasteiger partial charge in [-0.25, -0.2) is 22.0 Å². The van der Waals surface area contributed by atoms with Gasteiger partial charge in [-0.1, -0.05) is 6.07 Å². The van der Waals surface area contributed by atoms with E-state index in [0.29, 0.717) is 5.69 Å². The summed E-state index contributed by atoms with van der Waals surface area (Å²) < 4.78 is 54.2. The van der Waals surface area contributed by atoms with Gasteiger partial charge >= 0.3 is 6.03 Å². The second kappa shape index (κ2) is 7.78. The van der Waals surface area contributed by atoms with Gasteiger partial charge < -0.3 is 10.2 Å². The number of hydrogen-bond donors (Lipinski definition) is 1. The van der Waals surface area contributed by atoms with Crippen LogP contribution in [0.1, 0.15) is 19.8 Å². The van der Waals surface area contributed by atoms with Crippen LogP contribution in [0.3, 0.4) is 0 Å². The Morgan fingerprint density at radius 1 is 1.25 bits per heavy atom. The van der Waals surface area contributed by atoms with Crippen LogP contribution in [-0.2, 0) is 9.84 Å². The lowest BCUT2D eigenvalue weighted by molar-refractivity contribution is 0.117. The van der Waals surface area contributed by atoms with Crippen molar-refractivity contribution in [3.05, 3.63) is 48.5 Å². The molecule has 0 bridgehead atoms. The molecule has 1 N–H and O–H groups in total. The lowest BCUT2D eigenvalue weighted by Crippen LogP contribution is -2.48. The van der Waals surface area contributed by atoms with Crippen LogP contribution in [-0.4, -0.2) is 47.6 Å². The van der Waals surface area contributed by atoms with E-state index in [9.17, 15) is 17.6 Å². The summed E-state index contributed by atoms with van der Waals surface area (Å²) in [4.78, 5) is 13.4. The zero-order chi connectivity index (χ0) is 20.4. The van der Waals surface area contributed by atoms with Crippen LogP contribution in [0.15, 0.2) is 47.6 Å². The van der Waals surface area contributed by atoms with Crippen LogP contribution < -0.4 is 5.32 Å². The summed E-state index contributed by atoms with van der Waals surface area (Å²) in [5, 5.41) is 7.37. The summed E-state index contributed by atoms with van der Waals surface area (Å²) in [6.07, 6.45) is 3.18. The first-order chi connectivity index (χ1) is 13.2. The van der Waals surface area contributed by atoms with Crippen molar-refractivity contribution in [3.63, 3.8) is 0 Å². The highest BCUT2D eigenvalue weighted by Gasteiger charge is 2.48. The topological polar surface area (TPSA) is 92.3 Å². The third kappa shape index (κ3) is 3.96. The van der Waals surface area contributed by atoms with E-state index in [1.807, 2.05) is 0 Å². The molecule has 1 aliphatic rings. The number of nitrogens with zero attached hydrogens (tertiary/aromatic N) is 3. The third-order valence-corrected chi connectivity index (χ3v) is 7.24. The average molecular weight is 410 g/mol. The summed E-state index contributed by atoms with van der Waals surface area (Å²) in [7, 11) is -4.39. The van der Waals surface area contributed by atoms with Crippen molar-refractivity contribution in [1.82, 2.24) is 15.1 Å². The zero-order valence-electron chi connectivity index (χ0n) is 15.2. The molecule has 2 amide bonds. The Hall–Kier alpha value is -2.62. The van der Waals surface area contributed by atoms with E-state index in [2.05, 4.69) is 15.5 Å². The highest BCUT2D eigenvalue weighted by atomic mass is 32.2. The first-order valence-corrected chi connectivity index (χ1v) is 10.2. The Morgan fingerprint density at radius 2 is 1.96 bits per heavy atom. The van der Waals surface area contributed by atoms with Crippen molar-refractivity contribution in [3.8, 4) is 0 Å². The molecule has 1 atom stereocenters. The van der Waals surface area contributed by atoms with Gasteiger partial charge in [-0.05, 0) is 44.0 Å². The molecule has 150 valence electrons. The monoisotopic (exact) mass is 410 g/mol. The molecule has 1 fully saturated rings. The molecule has 2 aromatic rings. The number of benzene rings is 1. The number of urea groups is 1. The normalized spacial score (nSPS) is 17.8. The number of sulfone groups is 1. The quantitative estimate of drug-likeness (QED) is 0.837. The van der Waals surface area contributed by atoms with Crippen molar-refractivity contribution in [2.75, 3.05) is 18.4 Å². The fraction of sp³-hybridized carbons (Fsp3) is 0.389. The number of carbonyl (C=O) groups excluding carboxylic acids is 1. The standard InChI is InChI=1S/C18H20F2N4O3S/c1-18(20,28(26,27)16-4-2-3-14(19)11-16)13-6-9-24(10-7-13)17(25)23-15-5-8-21-22-12-15/h2-5,8,11-13H,6-7,9-10H2,1H3,(H,21,23,25)/t18-/m1/s1. The Bertz CT molecular complexity index is 946. The van der Waals surface area contributed by atoms with Gasteiger partial charge in [0.2, 0.25) is 14.8 Å². The maximum Gasteiger partial charge on any atom is 0.321 e. The van der Waals surface area contributed by atoms with E-state index in [1.54, 1.807) is 6.07 Å². The van der Waals surface area contributed by atoms with Crippen molar-refractivity contribution in [1.29, 1.82) is 0 Å². The summed E-state index contributed by atoms with van der Waals surface area (Å²) in [6.45, 7) is 1.41. The number of halogens is 2. The first kappa shape index (κ1) is 20.1. The van der Waals surface area contributed by atoms with E-state index in [1.165, 1.54) is 29.4 Å². The predicted octanol–water partition coefficient (Wildman–Crippen LogP) is 3.02. The van der Waals surface area contributed by atoms with E-state index in [4.69, 9.17) is 0 Å². The highest BCUT2D eigenvalue weighted by Crippen LogP contribution is 2.39. The number of piperidine rings is 1. The van der Waals surface area contributed by atoms with Gasteiger partial charge in [0.1, 0.15) is 5.82 Å². The number of aromatic nitrogens is 2. The molecule has 1 aliphatic heterocycles. The van der Waals surface area contributed by atoms with Gasteiger partial charge in [-0.2, -0.15) is 10.2 Å². The van der Waals surface area contributed by atoms with Crippen LogP contribution in [0.5, 0.6) is 0 Å². The minimum Gasteiger partial charge on any atom is -0.325 e. The number of carbonyl (C=O) groups is 1. The predicted molar refractivity (Wildman–Crippen MR) is 98.4 cm³/mol. The number of alkyl halides is 1. The van der Waals surface area contributed by atoms with Gasteiger partial charge in [0.25, 0.3) is 0 Å². The van der Waals surface area contributed by atoms with Crippen molar-refractivity contribution in [2.45, 2.75) is 29.7 Å². The van der Waals surface area contributed by atoms with E-state index in [-0.39, 0.29) is 36.9 Å². The fourth-order valence-electron chi connectivity index (χ4n) is 3.25. The highest BCUT2D eigenvalue weighted by molar-refractivity contribution is 7.92. The molecule has 10 heteroatoms. The Morgan fingerprint density at radius 3 is 2.57 bits per heavy atom. The maximum atomic E-state index is 15.4. The minimum absolute atomic E-state index is 0.170. The lowest BCUT2D eigenvalue weighted by Gasteiger charge is -2.37. The Balaban J connectivity index is 1.67. The Labute approximate surface area is 161 Å². The van der Waals surface area contributed by atoms with Gasteiger partial charge in [-0.3, -0.25) is 0 Å². The SMILES string of the molecule is C[C@](F)(C1CCN(C(=O)Nc2ccnnc2)CC1)S(=O)(=O)c1cccc(F)c1. The summed E-state index contributed by atoms with van der Waals surface area (Å²) >= 11 is 0. The molecule has 0 aliphatic carbocycles. The maximum absolute atomic E-state index is 15.4. The van der Waals surface area contributed by atoms with Crippen molar-refractivity contribution >= 4 is 21.6 Å². The first-order valence-electron chi connectivity index (χ1n) is 8.73. The second-order valence-corrected chi connectivity index (χ2v) is 9.05. The third-order valence-electron chi connectivity index (χ3n) is 4.98. The van der Waals surface area contributed by atoms with E-state index in [0.717, 1.165) is 19.1 Å². The number of amides is 2. The van der Waals surface area contributed by atoms with Crippen LogP contribution >= 0.6 is 0 Å². The number of rotatable bonds is 4. The molecule has 1 aromatic heterocycles. The molecule has 7 nitrogen and oxygen atoms in total. The van der Waals surface area contributed by atoms with E-state index >= 15 is 4.39 Å². The average Bonchev–Trinajstić information content (AvgIpc) is 2.68. The number of nitrogens with one attached hydrogen (secondary N) is 1. The number of anilines is 1. The van der Waals surface area contributed by atoms with Crippen LogP contribution in [0.2, 0.25) is 0 Å².